The smallest absolute Gasteiger partial charge is 0.324 e. The molecule has 2 N–H and O–H groups in total. The lowest BCUT2D eigenvalue weighted by atomic mass is 9.76. The van der Waals surface area contributed by atoms with Crippen LogP contribution in [0, 0.1) is 27.4 Å². The van der Waals surface area contributed by atoms with Crippen molar-refractivity contribution in [3.63, 3.8) is 0 Å². The fraction of sp³-hybridized carbons (Fsp3) is 0.462. The van der Waals surface area contributed by atoms with E-state index >= 15 is 0 Å². The molecule has 2 saturated heterocycles. The fourth-order valence-electron chi connectivity index (χ4n) is 5.76. The van der Waals surface area contributed by atoms with Crippen molar-refractivity contribution in [2.75, 3.05) is 7.11 Å². The third-order valence-corrected chi connectivity index (χ3v) is 8.38. The van der Waals surface area contributed by atoms with Crippen molar-refractivity contribution >= 4 is 27.2 Å². The Balaban J connectivity index is 1.20. The van der Waals surface area contributed by atoms with Crippen molar-refractivity contribution < 1.29 is 9.66 Å². The summed E-state index contributed by atoms with van der Waals surface area (Å²) in [5.41, 5.74) is 2.62. The maximum absolute atomic E-state index is 10.9. The second-order valence-electron chi connectivity index (χ2n) is 9.63. The number of nitrogens with zero attached hydrogens (tertiary/aromatic N) is 3. The van der Waals surface area contributed by atoms with Gasteiger partial charge < -0.3 is 15.4 Å². The van der Waals surface area contributed by atoms with E-state index in [0.717, 1.165) is 65.6 Å². The van der Waals surface area contributed by atoms with E-state index in [-0.39, 0.29) is 9.92 Å². The van der Waals surface area contributed by atoms with E-state index in [1.807, 2.05) is 24.3 Å². The highest BCUT2D eigenvalue weighted by atomic mass is 32.1. The van der Waals surface area contributed by atoms with Crippen molar-refractivity contribution in [1.82, 2.24) is 15.6 Å². The number of piperidine rings is 2. The number of nitriles is 1. The number of pyridine rings is 1. The summed E-state index contributed by atoms with van der Waals surface area (Å²) in [5.74, 6) is 1.40. The molecule has 2 aromatic heterocycles. The lowest BCUT2D eigenvalue weighted by Crippen LogP contribution is -2.55. The molecule has 0 saturated carbocycles. The summed E-state index contributed by atoms with van der Waals surface area (Å²) in [5, 5.41) is 29.2. The molecule has 0 spiro atoms. The lowest BCUT2D eigenvalue weighted by Gasteiger charge is -2.44. The number of benzene rings is 1. The lowest BCUT2D eigenvalue weighted by molar-refractivity contribution is -0.380. The van der Waals surface area contributed by atoms with Crippen LogP contribution in [0.3, 0.4) is 0 Å². The van der Waals surface area contributed by atoms with E-state index in [9.17, 15) is 15.4 Å². The van der Waals surface area contributed by atoms with Gasteiger partial charge >= 0.3 is 5.00 Å². The first-order valence-corrected chi connectivity index (χ1v) is 12.9. The number of aryl methyl sites for hydroxylation is 1. The number of hydrogen-bond donors (Lipinski definition) is 2. The molecule has 0 amide bonds. The predicted octanol–water partition coefficient (Wildman–Crippen LogP) is 4.71. The van der Waals surface area contributed by atoms with Crippen molar-refractivity contribution in [2.24, 2.45) is 5.92 Å². The molecule has 4 atom stereocenters. The average molecular weight is 492 g/mol. The van der Waals surface area contributed by atoms with E-state index < -0.39 is 0 Å². The van der Waals surface area contributed by atoms with E-state index in [1.165, 1.54) is 11.3 Å². The Morgan fingerprint density at radius 3 is 2.74 bits per heavy atom. The number of rotatable bonds is 8. The van der Waals surface area contributed by atoms with Crippen molar-refractivity contribution in [3.05, 3.63) is 62.6 Å². The predicted molar refractivity (Wildman–Crippen MR) is 136 cm³/mol. The summed E-state index contributed by atoms with van der Waals surface area (Å²) in [6.45, 7) is 0.682. The molecule has 8 nitrogen and oxygen atoms in total. The number of hydrogen-bond acceptors (Lipinski definition) is 8. The maximum Gasteiger partial charge on any atom is 0.324 e. The van der Waals surface area contributed by atoms with Crippen LogP contribution < -0.4 is 15.4 Å². The molecule has 9 heteroatoms. The topological polar surface area (TPSA) is 113 Å². The van der Waals surface area contributed by atoms with Crippen molar-refractivity contribution in [1.29, 1.82) is 5.26 Å². The number of nitrogens with one attached hydrogen (secondary N) is 2. The highest BCUT2D eigenvalue weighted by Gasteiger charge is 2.35. The highest BCUT2D eigenvalue weighted by molar-refractivity contribution is 7.15. The standard InChI is InChI=1S/C26H29N5O3S/c1-34-21-3-6-25-24(12-21)23(17(13-27)14-29-25)5-2-16-8-19-10-18(11-20(9-16)30-19)28-15-22-4-7-26(35-22)31(32)33/h3-4,6-7,12,14,16,18-20,28,30H,2,5,8-11,15H2,1H3/t16?,18?,19-,20?/m1/s1. The van der Waals surface area contributed by atoms with Gasteiger partial charge in [0.2, 0.25) is 0 Å². The van der Waals surface area contributed by atoms with Crippen molar-refractivity contribution in [3.8, 4) is 11.8 Å². The minimum atomic E-state index is -0.325. The molecule has 182 valence electrons. The molecule has 2 bridgehead atoms. The molecule has 3 aromatic rings. The van der Waals surface area contributed by atoms with Crippen molar-refractivity contribution in [2.45, 2.75) is 63.2 Å². The van der Waals surface area contributed by atoms with Gasteiger partial charge in [0.1, 0.15) is 11.8 Å². The highest BCUT2D eigenvalue weighted by Crippen LogP contribution is 2.34. The summed E-state index contributed by atoms with van der Waals surface area (Å²) in [6, 6.07) is 13.0. The molecule has 35 heavy (non-hydrogen) atoms. The third kappa shape index (κ3) is 5.30. The van der Waals surface area contributed by atoms with Crippen LogP contribution in [-0.4, -0.2) is 35.1 Å². The fourth-order valence-corrected chi connectivity index (χ4v) is 6.53. The van der Waals surface area contributed by atoms with Gasteiger partial charge in [0, 0.05) is 47.2 Å². The van der Waals surface area contributed by atoms with E-state index in [2.05, 4.69) is 21.7 Å². The normalized spacial score (nSPS) is 23.7. The molecular formula is C26H29N5O3S. The zero-order valence-electron chi connectivity index (χ0n) is 19.7. The molecule has 0 aliphatic carbocycles. The van der Waals surface area contributed by atoms with Crippen LogP contribution in [0.1, 0.15) is 48.1 Å². The number of ether oxygens (including phenoxy) is 1. The Kier molecular flexibility index (Phi) is 6.95. The Hall–Kier alpha value is -3.06. The zero-order chi connectivity index (χ0) is 24.4. The SMILES string of the molecule is COc1ccc2ncc(C#N)c(CCC3CC4CC(NCc5ccc([N+](=O)[O-])s5)C[C@@H](C3)N4)c2c1. The molecule has 2 aliphatic rings. The number of aromatic nitrogens is 1. The first-order valence-electron chi connectivity index (χ1n) is 12.1. The van der Waals surface area contributed by atoms with Crippen LogP contribution in [0.5, 0.6) is 5.75 Å². The largest absolute Gasteiger partial charge is 0.497 e. The summed E-state index contributed by atoms with van der Waals surface area (Å²) in [6.07, 6.45) is 8.01. The Bertz CT molecular complexity index is 1260. The third-order valence-electron chi connectivity index (χ3n) is 7.35. The van der Waals surface area contributed by atoms with Crippen LogP contribution in [0.4, 0.5) is 5.00 Å². The van der Waals surface area contributed by atoms with Gasteiger partial charge in [-0.25, -0.2) is 0 Å². The van der Waals surface area contributed by atoms with Crippen LogP contribution in [0.15, 0.2) is 36.5 Å². The monoisotopic (exact) mass is 491 g/mol. The van der Waals surface area contributed by atoms with Gasteiger partial charge in [-0.1, -0.05) is 11.3 Å². The van der Waals surface area contributed by atoms with Gasteiger partial charge in [-0.3, -0.25) is 15.1 Å². The molecular weight excluding hydrogens is 462 g/mol. The van der Waals surface area contributed by atoms with Crippen LogP contribution in [0.2, 0.25) is 0 Å². The summed E-state index contributed by atoms with van der Waals surface area (Å²) < 4.78 is 5.41. The second-order valence-corrected chi connectivity index (χ2v) is 10.8. The van der Waals surface area contributed by atoms with E-state index in [4.69, 9.17) is 4.74 Å². The van der Waals surface area contributed by atoms with Gasteiger partial charge in [-0.15, -0.1) is 0 Å². The molecule has 3 unspecified atom stereocenters. The Morgan fingerprint density at radius 1 is 1.26 bits per heavy atom. The zero-order valence-corrected chi connectivity index (χ0v) is 20.5. The number of thiophene rings is 1. The first kappa shape index (κ1) is 23.7. The van der Waals surface area contributed by atoms with Crippen LogP contribution in [-0.2, 0) is 13.0 Å². The summed E-state index contributed by atoms with van der Waals surface area (Å²) >= 11 is 1.25. The number of methoxy groups -OCH3 is 1. The van der Waals surface area contributed by atoms with Crippen LogP contribution >= 0.6 is 11.3 Å². The number of nitro groups is 1. The van der Waals surface area contributed by atoms with Gasteiger partial charge in [0.25, 0.3) is 0 Å². The number of fused-ring (bicyclic) bond motifs is 3. The molecule has 2 aliphatic heterocycles. The molecule has 1 aromatic carbocycles. The molecule has 4 heterocycles. The minimum Gasteiger partial charge on any atom is -0.497 e. The quantitative estimate of drug-likeness (QED) is 0.347. The van der Waals surface area contributed by atoms with E-state index in [1.54, 1.807) is 19.4 Å². The van der Waals surface area contributed by atoms with Gasteiger partial charge in [-0.2, -0.15) is 5.26 Å². The summed E-state index contributed by atoms with van der Waals surface area (Å²) in [4.78, 5) is 16.1. The molecule has 2 fully saturated rings. The van der Waals surface area contributed by atoms with E-state index in [0.29, 0.717) is 36.2 Å². The minimum absolute atomic E-state index is 0.201. The van der Waals surface area contributed by atoms with Gasteiger partial charge in [0.15, 0.2) is 0 Å². The average Bonchev–Trinajstić information content (AvgIpc) is 3.34. The van der Waals surface area contributed by atoms with Gasteiger partial charge in [-0.05, 0) is 74.3 Å². The van der Waals surface area contributed by atoms with Crippen LogP contribution in [0.25, 0.3) is 10.9 Å². The molecule has 0 radical (unpaired) electrons. The Morgan fingerprint density at radius 2 is 2.06 bits per heavy atom. The maximum atomic E-state index is 10.9. The summed E-state index contributed by atoms with van der Waals surface area (Å²) in [7, 11) is 1.66. The Labute approximate surface area is 208 Å². The second kappa shape index (κ2) is 10.3. The first-order chi connectivity index (χ1) is 17.0. The van der Waals surface area contributed by atoms with Gasteiger partial charge in [0.05, 0.1) is 23.1 Å². The molecule has 5 rings (SSSR count).